The van der Waals surface area contributed by atoms with Crippen LogP contribution in [0.2, 0.25) is 0 Å². The Morgan fingerprint density at radius 2 is 1.83 bits per heavy atom. The summed E-state index contributed by atoms with van der Waals surface area (Å²) < 4.78 is 0. The molecule has 0 saturated carbocycles. The molecule has 0 spiro atoms. The summed E-state index contributed by atoms with van der Waals surface area (Å²) in [6.45, 7) is 5.67. The summed E-state index contributed by atoms with van der Waals surface area (Å²) in [6, 6.07) is 13.0. The maximum absolute atomic E-state index is 13.2. The Kier molecular flexibility index (Phi) is 7.92. The van der Waals surface area contributed by atoms with Crippen molar-refractivity contribution in [3.63, 3.8) is 0 Å². The van der Waals surface area contributed by atoms with E-state index in [0.29, 0.717) is 54.5 Å². The van der Waals surface area contributed by atoms with Gasteiger partial charge < -0.3 is 15.5 Å². The third kappa shape index (κ3) is 6.14. The van der Waals surface area contributed by atoms with Gasteiger partial charge >= 0.3 is 0 Å². The lowest BCUT2D eigenvalue weighted by atomic mass is 9.95. The number of pyridine rings is 1. The lowest BCUT2D eigenvalue weighted by molar-refractivity contribution is -0.126. The molecule has 1 fully saturated rings. The predicted molar refractivity (Wildman–Crippen MR) is 138 cm³/mol. The second-order valence-corrected chi connectivity index (χ2v) is 9.96. The fraction of sp³-hybridized carbons (Fsp3) is 0.333. The van der Waals surface area contributed by atoms with Crippen molar-refractivity contribution in [1.29, 1.82) is 0 Å². The van der Waals surface area contributed by atoms with Gasteiger partial charge in [0.05, 0.1) is 5.56 Å². The molecule has 0 bridgehead atoms. The van der Waals surface area contributed by atoms with E-state index in [4.69, 9.17) is 0 Å². The van der Waals surface area contributed by atoms with E-state index in [2.05, 4.69) is 29.5 Å². The minimum Gasteiger partial charge on any atom is -0.352 e. The lowest BCUT2D eigenvalue weighted by Gasteiger charge is -2.31. The van der Waals surface area contributed by atoms with Crippen LogP contribution in [0.4, 0.5) is 5.00 Å². The van der Waals surface area contributed by atoms with E-state index in [-0.39, 0.29) is 23.6 Å². The van der Waals surface area contributed by atoms with Crippen molar-refractivity contribution in [2.75, 3.05) is 18.4 Å². The third-order valence-electron chi connectivity index (χ3n) is 6.30. The molecule has 2 N–H and O–H groups in total. The van der Waals surface area contributed by atoms with E-state index >= 15 is 0 Å². The number of hydrogen-bond acceptors (Lipinski definition) is 5. The SMILES string of the molecule is CC(C)c1ccc(C(=O)Nc2sccc2C(=O)N2CCC(C(=O)NCc3cccnc3)CC2)cc1. The molecule has 3 aromatic rings. The maximum atomic E-state index is 13.2. The first-order valence-electron chi connectivity index (χ1n) is 11.9. The highest BCUT2D eigenvalue weighted by atomic mass is 32.1. The molecule has 182 valence electrons. The summed E-state index contributed by atoms with van der Waals surface area (Å²) in [6.07, 6.45) is 4.66. The smallest absolute Gasteiger partial charge is 0.256 e. The zero-order valence-corrected chi connectivity index (χ0v) is 20.8. The Morgan fingerprint density at radius 1 is 1.09 bits per heavy atom. The Labute approximate surface area is 209 Å². The molecular weight excluding hydrogens is 460 g/mol. The summed E-state index contributed by atoms with van der Waals surface area (Å²) in [5.74, 6) is -0.0733. The van der Waals surface area contributed by atoms with Crippen LogP contribution in [0.5, 0.6) is 0 Å². The van der Waals surface area contributed by atoms with Crippen molar-refractivity contribution in [3.05, 3.63) is 82.5 Å². The second kappa shape index (κ2) is 11.3. The Balaban J connectivity index is 1.31. The monoisotopic (exact) mass is 490 g/mol. The van der Waals surface area contributed by atoms with Crippen molar-refractivity contribution in [3.8, 4) is 0 Å². The van der Waals surface area contributed by atoms with E-state index in [0.717, 1.165) is 5.56 Å². The number of carbonyl (C=O) groups excluding carboxylic acids is 3. The molecule has 1 aromatic carbocycles. The molecule has 4 rings (SSSR count). The van der Waals surface area contributed by atoms with Gasteiger partial charge in [0.2, 0.25) is 5.91 Å². The predicted octanol–water partition coefficient (Wildman–Crippen LogP) is 4.69. The minimum absolute atomic E-state index is 0.00734. The van der Waals surface area contributed by atoms with Crippen molar-refractivity contribution in [2.24, 2.45) is 5.92 Å². The molecule has 0 aliphatic carbocycles. The van der Waals surface area contributed by atoms with Crippen LogP contribution in [0.3, 0.4) is 0 Å². The average Bonchev–Trinajstić information content (AvgIpc) is 3.35. The molecule has 1 aliphatic rings. The normalized spacial score (nSPS) is 14.1. The van der Waals surface area contributed by atoms with Gasteiger partial charge in [0.25, 0.3) is 11.8 Å². The third-order valence-corrected chi connectivity index (χ3v) is 7.13. The molecule has 2 aromatic heterocycles. The highest BCUT2D eigenvalue weighted by Crippen LogP contribution is 2.28. The highest BCUT2D eigenvalue weighted by molar-refractivity contribution is 7.14. The summed E-state index contributed by atoms with van der Waals surface area (Å²) in [5, 5.41) is 8.22. The number of nitrogens with zero attached hydrogens (tertiary/aromatic N) is 2. The Morgan fingerprint density at radius 3 is 2.49 bits per heavy atom. The number of carbonyl (C=O) groups is 3. The fourth-order valence-electron chi connectivity index (χ4n) is 4.12. The van der Waals surface area contributed by atoms with E-state index in [9.17, 15) is 14.4 Å². The van der Waals surface area contributed by atoms with Crippen molar-refractivity contribution in [1.82, 2.24) is 15.2 Å². The number of benzene rings is 1. The number of hydrogen-bond donors (Lipinski definition) is 2. The summed E-state index contributed by atoms with van der Waals surface area (Å²) in [7, 11) is 0. The zero-order valence-electron chi connectivity index (χ0n) is 20.0. The molecule has 0 atom stereocenters. The number of thiophene rings is 1. The fourth-order valence-corrected chi connectivity index (χ4v) is 4.89. The topological polar surface area (TPSA) is 91.4 Å². The molecule has 1 saturated heterocycles. The first kappa shape index (κ1) is 24.6. The Bertz CT molecular complexity index is 1170. The van der Waals surface area contributed by atoms with Crippen molar-refractivity contribution < 1.29 is 14.4 Å². The lowest BCUT2D eigenvalue weighted by Crippen LogP contribution is -2.43. The molecule has 0 radical (unpaired) electrons. The quantitative estimate of drug-likeness (QED) is 0.503. The van der Waals surface area contributed by atoms with Gasteiger partial charge in [-0.25, -0.2) is 0 Å². The molecule has 35 heavy (non-hydrogen) atoms. The highest BCUT2D eigenvalue weighted by Gasteiger charge is 2.29. The average molecular weight is 491 g/mol. The van der Waals surface area contributed by atoms with Gasteiger partial charge in [-0.1, -0.05) is 32.0 Å². The number of piperidine rings is 1. The standard InChI is InChI=1S/C27H30N4O3S/c1-18(2)20-5-7-21(8-6-20)25(33)30-26-23(11-15-35-26)27(34)31-13-9-22(10-14-31)24(32)29-17-19-4-3-12-28-16-19/h3-8,11-12,15-16,18,22H,9-10,13-14,17H2,1-2H3,(H,29,32)(H,30,33). The summed E-state index contributed by atoms with van der Waals surface area (Å²) in [4.78, 5) is 44.3. The van der Waals surface area contributed by atoms with Gasteiger partial charge in [0.15, 0.2) is 0 Å². The number of nitrogens with one attached hydrogen (secondary N) is 2. The number of aromatic nitrogens is 1. The molecule has 1 aliphatic heterocycles. The molecule has 7 nitrogen and oxygen atoms in total. The first-order valence-corrected chi connectivity index (χ1v) is 12.7. The minimum atomic E-state index is -0.235. The molecule has 8 heteroatoms. The van der Waals surface area contributed by atoms with Crippen molar-refractivity contribution >= 4 is 34.1 Å². The van der Waals surface area contributed by atoms with Crippen LogP contribution < -0.4 is 10.6 Å². The number of rotatable bonds is 7. The summed E-state index contributed by atoms with van der Waals surface area (Å²) >= 11 is 1.33. The van der Waals surface area contributed by atoms with Crippen LogP contribution in [0, 0.1) is 5.92 Å². The molecule has 3 heterocycles. The number of anilines is 1. The zero-order chi connectivity index (χ0) is 24.8. The van der Waals surface area contributed by atoms with Gasteiger partial charge in [-0.15, -0.1) is 11.3 Å². The van der Waals surface area contributed by atoms with Crippen LogP contribution >= 0.6 is 11.3 Å². The van der Waals surface area contributed by atoms with Crippen LogP contribution in [0.1, 0.15) is 64.4 Å². The van der Waals surface area contributed by atoms with Gasteiger partial charge in [-0.2, -0.15) is 0 Å². The van der Waals surface area contributed by atoms with Gasteiger partial charge in [-0.05, 0) is 59.5 Å². The van der Waals surface area contributed by atoms with Crippen LogP contribution in [-0.4, -0.2) is 40.7 Å². The molecular formula is C27H30N4O3S. The number of likely N-dealkylation sites (tertiary alicyclic amines) is 1. The molecule has 3 amide bonds. The second-order valence-electron chi connectivity index (χ2n) is 9.04. The van der Waals surface area contributed by atoms with Crippen molar-refractivity contribution in [2.45, 2.75) is 39.2 Å². The first-order chi connectivity index (χ1) is 16.9. The number of amides is 3. The van der Waals surface area contributed by atoms with Gasteiger partial charge in [0, 0.05) is 43.5 Å². The van der Waals surface area contributed by atoms with E-state index < -0.39 is 0 Å². The van der Waals surface area contributed by atoms with E-state index in [1.54, 1.807) is 23.4 Å². The van der Waals surface area contributed by atoms with E-state index in [1.807, 2.05) is 41.8 Å². The van der Waals surface area contributed by atoms with Crippen LogP contribution in [-0.2, 0) is 11.3 Å². The van der Waals surface area contributed by atoms with Gasteiger partial charge in [0.1, 0.15) is 5.00 Å². The van der Waals surface area contributed by atoms with Crippen LogP contribution in [0.25, 0.3) is 0 Å². The Hall–Kier alpha value is -3.52. The molecule has 0 unspecified atom stereocenters. The van der Waals surface area contributed by atoms with Crippen LogP contribution in [0.15, 0.2) is 60.2 Å². The van der Waals surface area contributed by atoms with E-state index in [1.165, 1.54) is 16.9 Å². The largest absolute Gasteiger partial charge is 0.352 e. The summed E-state index contributed by atoms with van der Waals surface area (Å²) in [5.41, 5.74) is 3.17. The van der Waals surface area contributed by atoms with Gasteiger partial charge in [-0.3, -0.25) is 19.4 Å². The maximum Gasteiger partial charge on any atom is 0.256 e.